The topological polar surface area (TPSA) is 39.8 Å². The summed E-state index contributed by atoms with van der Waals surface area (Å²) >= 11 is 0. The average Bonchev–Trinajstić information content (AvgIpc) is 1.64. The average molecular weight is 110 g/mol. The Bertz CT molecular complexity index is 170. The van der Waals surface area contributed by atoms with Crippen LogP contribution in [0.1, 0.15) is 0 Å². The molecular formula is C5H6N2O. The third-order valence-electron chi connectivity index (χ3n) is 0.797. The zero-order valence-electron chi connectivity index (χ0n) is 4.53. The van der Waals surface area contributed by atoms with E-state index in [1.165, 1.54) is 10.7 Å². The molecule has 0 bridgehead atoms. The quantitative estimate of drug-likeness (QED) is 0.401. The first-order chi connectivity index (χ1) is 3.79. The standard InChI is InChI=1S/C5H6N2O/c1-7-4-2-3-5(8)6-7/h2-4H,1H3. The second-order valence-corrected chi connectivity index (χ2v) is 1.52. The highest BCUT2D eigenvalue weighted by Crippen LogP contribution is 1.87. The van der Waals surface area contributed by atoms with Crippen LogP contribution < -0.4 is 9.79 Å². The Morgan fingerprint density at radius 3 is 2.88 bits per heavy atom. The van der Waals surface area contributed by atoms with Crippen LogP contribution >= 0.6 is 0 Å². The second kappa shape index (κ2) is 1.78. The molecule has 0 spiro atoms. The molecule has 42 valence electrons. The van der Waals surface area contributed by atoms with Gasteiger partial charge in [-0.3, -0.25) is 0 Å². The molecule has 0 unspecified atom stereocenters. The van der Waals surface area contributed by atoms with Gasteiger partial charge in [-0.2, -0.15) is 0 Å². The fraction of sp³-hybridized carbons (Fsp3) is 0.200. The molecule has 0 atom stereocenters. The normalized spacial score (nSPS) is 9.12. The summed E-state index contributed by atoms with van der Waals surface area (Å²) in [5.41, 5.74) is 0. The molecule has 0 saturated heterocycles. The van der Waals surface area contributed by atoms with Gasteiger partial charge < -0.3 is 5.11 Å². The maximum Gasteiger partial charge on any atom is 0.195 e. The molecule has 0 aromatic carbocycles. The predicted octanol–water partition coefficient (Wildman–Crippen LogP) is -1.02. The van der Waals surface area contributed by atoms with Gasteiger partial charge in [0.1, 0.15) is 0 Å². The summed E-state index contributed by atoms with van der Waals surface area (Å²) in [6.07, 6.45) is 1.71. The molecular weight excluding hydrogens is 104 g/mol. The maximum absolute atomic E-state index is 10.4. The van der Waals surface area contributed by atoms with Gasteiger partial charge >= 0.3 is 0 Å². The minimum Gasteiger partial charge on any atom is -0.855 e. The van der Waals surface area contributed by atoms with Crippen molar-refractivity contribution in [1.82, 2.24) is 5.10 Å². The van der Waals surface area contributed by atoms with Crippen LogP contribution in [0.25, 0.3) is 0 Å². The summed E-state index contributed by atoms with van der Waals surface area (Å²) in [4.78, 5) is 0. The maximum atomic E-state index is 10.4. The Morgan fingerprint density at radius 1 is 1.75 bits per heavy atom. The number of hydrogen-bond acceptors (Lipinski definition) is 2. The summed E-state index contributed by atoms with van der Waals surface area (Å²) in [5.74, 6) is -0.199. The lowest BCUT2D eigenvalue weighted by atomic mass is 10.6. The largest absolute Gasteiger partial charge is 0.855 e. The molecule has 3 heteroatoms. The zero-order chi connectivity index (χ0) is 5.98. The summed E-state index contributed by atoms with van der Waals surface area (Å²) in [7, 11) is 1.71. The molecule has 0 fully saturated rings. The van der Waals surface area contributed by atoms with Gasteiger partial charge in [0.05, 0.1) is 5.88 Å². The van der Waals surface area contributed by atoms with E-state index in [0.717, 1.165) is 0 Å². The molecule has 3 nitrogen and oxygen atoms in total. The van der Waals surface area contributed by atoms with E-state index in [1.807, 2.05) is 0 Å². The van der Waals surface area contributed by atoms with Gasteiger partial charge in [0, 0.05) is 6.07 Å². The molecule has 1 aromatic heterocycles. The van der Waals surface area contributed by atoms with Crippen molar-refractivity contribution in [2.45, 2.75) is 0 Å². The van der Waals surface area contributed by atoms with Crippen molar-refractivity contribution in [3.63, 3.8) is 0 Å². The second-order valence-electron chi connectivity index (χ2n) is 1.52. The van der Waals surface area contributed by atoms with E-state index in [9.17, 15) is 5.11 Å². The molecule has 0 aliphatic heterocycles. The Balaban J connectivity index is 3.08. The molecule has 1 rings (SSSR count). The van der Waals surface area contributed by atoms with E-state index >= 15 is 0 Å². The molecule has 0 radical (unpaired) electrons. The lowest BCUT2D eigenvalue weighted by molar-refractivity contribution is -0.734. The summed E-state index contributed by atoms with van der Waals surface area (Å²) in [6.45, 7) is 0. The first-order valence-corrected chi connectivity index (χ1v) is 2.29. The fourth-order valence-electron chi connectivity index (χ4n) is 0.472. The van der Waals surface area contributed by atoms with Gasteiger partial charge in [-0.15, -0.1) is 0 Å². The molecule has 0 amide bonds. The molecule has 0 N–H and O–H groups in total. The van der Waals surface area contributed by atoms with E-state index in [2.05, 4.69) is 5.10 Å². The van der Waals surface area contributed by atoms with Gasteiger partial charge in [-0.1, -0.05) is 4.68 Å². The Morgan fingerprint density at radius 2 is 2.50 bits per heavy atom. The van der Waals surface area contributed by atoms with Gasteiger partial charge in [0.25, 0.3) is 0 Å². The number of aromatic nitrogens is 2. The van der Waals surface area contributed by atoms with Crippen molar-refractivity contribution >= 4 is 0 Å². The van der Waals surface area contributed by atoms with Crippen molar-refractivity contribution in [2.24, 2.45) is 7.05 Å². The van der Waals surface area contributed by atoms with Crippen LogP contribution in [0.2, 0.25) is 0 Å². The fourth-order valence-corrected chi connectivity index (χ4v) is 0.472. The highest BCUT2D eigenvalue weighted by molar-refractivity contribution is 4.97. The molecule has 0 aliphatic carbocycles. The lowest BCUT2D eigenvalue weighted by Gasteiger charge is -1.94. The Hall–Kier alpha value is -1.12. The van der Waals surface area contributed by atoms with Crippen molar-refractivity contribution in [2.75, 3.05) is 0 Å². The summed E-state index contributed by atoms with van der Waals surface area (Å²) in [6, 6.07) is 3.08. The van der Waals surface area contributed by atoms with Crippen LogP contribution in [0.3, 0.4) is 0 Å². The summed E-state index contributed by atoms with van der Waals surface area (Å²) in [5, 5.41) is 13.9. The molecule has 0 saturated carbocycles. The monoisotopic (exact) mass is 110 g/mol. The van der Waals surface area contributed by atoms with Crippen molar-refractivity contribution in [3.8, 4) is 5.88 Å². The van der Waals surface area contributed by atoms with Crippen molar-refractivity contribution in [3.05, 3.63) is 18.3 Å². The number of nitrogens with zero attached hydrogens (tertiary/aromatic N) is 2. The van der Waals surface area contributed by atoms with Crippen LogP contribution in [0.4, 0.5) is 0 Å². The highest BCUT2D eigenvalue weighted by atomic mass is 16.3. The van der Waals surface area contributed by atoms with Crippen LogP contribution in [0, 0.1) is 0 Å². The first kappa shape index (κ1) is 5.03. The van der Waals surface area contributed by atoms with E-state index in [-0.39, 0.29) is 5.88 Å². The first-order valence-electron chi connectivity index (χ1n) is 2.29. The Labute approximate surface area is 47.2 Å². The van der Waals surface area contributed by atoms with Crippen LogP contribution in [0.5, 0.6) is 5.88 Å². The third-order valence-corrected chi connectivity index (χ3v) is 0.797. The van der Waals surface area contributed by atoms with Gasteiger partial charge in [-0.25, -0.2) is 0 Å². The number of hydrogen-bond donors (Lipinski definition) is 0. The highest BCUT2D eigenvalue weighted by Gasteiger charge is 1.84. The van der Waals surface area contributed by atoms with Gasteiger partial charge in [0.2, 0.25) is 0 Å². The van der Waals surface area contributed by atoms with Crippen molar-refractivity contribution < 1.29 is 9.79 Å². The minimum atomic E-state index is -0.199. The molecule has 1 heterocycles. The van der Waals surface area contributed by atoms with E-state index in [4.69, 9.17) is 0 Å². The number of rotatable bonds is 0. The van der Waals surface area contributed by atoms with Crippen LogP contribution in [-0.2, 0) is 7.05 Å². The predicted molar refractivity (Wildman–Crippen MR) is 24.9 cm³/mol. The summed E-state index contributed by atoms with van der Waals surface area (Å²) < 4.78 is 1.47. The van der Waals surface area contributed by atoms with Gasteiger partial charge in [-0.05, 0) is 11.2 Å². The van der Waals surface area contributed by atoms with Gasteiger partial charge in [0.15, 0.2) is 13.2 Å². The Kier molecular flexibility index (Phi) is 1.12. The van der Waals surface area contributed by atoms with Crippen LogP contribution in [0.15, 0.2) is 18.3 Å². The van der Waals surface area contributed by atoms with E-state index in [0.29, 0.717) is 0 Å². The molecule has 0 aliphatic rings. The van der Waals surface area contributed by atoms with Crippen molar-refractivity contribution in [1.29, 1.82) is 0 Å². The number of aryl methyl sites for hydroxylation is 1. The van der Waals surface area contributed by atoms with E-state index < -0.39 is 0 Å². The minimum absolute atomic E-state index is 0.199. The molecule has 8 heavy (non-hydrogen) atoms. The zero-order valence-corrected chi connectivity index (χ0v) is 4.53. The smallest absolute Gasteiger partial charge is 0.195 e. The van der Waals surface area contributed by atoms with E-state index in [1.54, 1.807) is 19.3 Å². The SMILES string of the molecule is C[n+]1cccc([O-])n1. The molecule has 1 aromatic rings. The van der Waals surface area contributed by atoms with Crippen LogP contribution in [-0.4, -0.2) is 5.10 Å². The lowest BCUT2D eigenvalue weighted by Crippen LogP contribution is -2.32. The third kappa shape index (κ3) is 0.932.